The first-order valence-electron chi connectivity index (χ1n) is 9.64. The van der Waals surface area contributed by atoms with Gasteiger partial charge < -0.3 is 4.90 Å². The molecule has 1 aromatic carbocycles. The van der Waals surface area contributed by atoms with E-state index >= 15 is 0 Å². The number of amides is 1. The van der Waals surface area contributed by atoms with E-state index in [1.54, 1.807) is 13.2 Å². The molecular weight excluding hydrogens is 362 g/mol. The maximum Gasteiger partial charge on any atom is 0.269 e. The molecule has 0 fully saturated rings. The summed E-state index contributed by atoms with van der Waals surface area (Å²) in [7, 11) is 1.55. The number of aromatic nitrogens is 2. The molecule has 1 unspecified atom stereocenters. The number of carbonyl (C=O) groups excluding carboxylic acids is 1. The second-order valence-electron chi connectivity index (χ2n) is 7.49. The molecule has 0 bridgehead atoms. The Balaban J connectivity index is 1.62. The highest BCUT2D eigenvalue weighted by Gasteiger charge is 2.27. The topological polar surface area (TPSA) is 67.4 Å². The van der Waals surface area contributed by atoms with Gasteiger partial charge in [-0.1, -0.05) is 36.9 Å². The standard InChI is InChI=1S/C23H25N5O/c1-16-13-18(9-10-21(16)28-12-6-11-25-28)14-27-15-20(23(29)26(3)24)17(2)19-7-4-5-8-22(19)27/h4-8,10-13,15,18H,2,9,14,24H2,1,3H3. The highest BCUT2D eigenvalue weighted by molar-refractivity contribution is 6.11. The maximum absolute atomic E-state index is 12.6. The average Bonchev–Trinajstić information content (AvgIpc) is 3.24. The van der Waals surface area contributed by atoms with Crippen LogP contribution in [0.25, 0.3) is 11.3 Å². The number of hydrogen-bond acceptors (Lipinski definition) is 4. The van der Waals surface area contributed by atoms with Crippen LogP contribution in [0.1, 0.15) is 18.9 Å². The summed E-state index contributed by atoms with van der Waals surface area (Å²) in [6.45, 7) is 7.01. The number of nitrogens with zero attached hydrogens (tertiary/aromatic N) is 4. The number of nitrogens with two attached hydrogens (primary N) is 1. The van der Waals surface area contributed by atoms with Gasteiger partial charge in [-0.15, -0.1) is 0 Å². The molecule has 0 saturated heterocycles. The number of rotatable bonds is 4. The second kappa shape index (κ2) is 7.56. The smallest absolute Gasteiger partial charge is 0.269 e. The van der Waals surface area contributed by atoms with Gasteiger partial charge >= 0.3 is 0 Å². The van der Waals surface area contributed by atoms with E-state index < -0.39 is 0 Å². The van der Waals surface area contributed by atoms with Gasteiger partial charge in [0.15, 0.2) is 0 Å². The van der Waals surface area contributed by atoms with E-state index in [0.717, 1.165) is 34.9 Å². The third kappa shape index (κ3) is 3.54. The summed E-state index contributed by atoms with van der Waals surface area (Å²) in [5.41, 5.74) is 5.57. The Labute approximate surface area is 170 Å². The minimum Gasteiger partial charge on any atom is -0.346 e. The first-order valence-corrected chi connectivity index (χ1v) is 9.64. The van der Waals surface area contributed by atoms with Crippen molar-refractivity contribution in [2.45, 2.75) is 13.3 Å². The Bertz CT molecular complexity index is 1040. The first kappa shape index (κ1) is 19.0. The predicted molar refractivity (Wildman–Crippen MR) is 116 cm³/mol. The largest absolute Gasteiger partial charge is 0.346 e. The van der Waals surface area contributed by atoms with Gasteiger partial charge in [0.25, 0.3) is 5.91 Å². The van der Waals surface area contributed by atoms with Crippen molar-refractivity contribution in [3.05, 3.63) is 84.4 Å². The van der Waals surface area contributed by atoms with Crippen LogP contribution in [0.5, 0.6) is 0 Å². The van der Waals surface area contributed by atoms with Crippen molar-refractivity contribution >= 4 is 22.9 Å². The highest BCUT2D eigenvalue weighted by atomic mass is 16.2. The van der Waals surface area contributed by atoms with Crippen LogP contribution in [0.4, 0.5) is 5.69 Å². The van der Waals surface area contributed by atoms with E-state index in [1.165, 1.54) is 5.57 Å². The van der Waals surface area contributed by atoms with Crippen LogP contribution in [-0.4, -0.2) is 34.3 Å². The van der Waals surface area contributed by atoms with E-state index in [-0.39, 0.29) is 5.91 Å². The summed E-state index contributed by atoms with van der Waals surface area (Å²) in [5.74, 6) is 5.79. The molecular formula is C23H25N5O. The molecule has 1 amide bonds. The summed E-state index contributed by atoms with van der Waals surface area (Å²) in [6.07, 6.45) is 11.0. The lowest BCUT2D eigenvalue weighted by Gasteiger charge is -2.33. The van der Waals surface area contributed by atoms with E-state index in [1.807, 2.05) is 41.3 Å². The molecule has 1 aromatic heterocycles. The molecule has 6 heteroatoms. The third-order valence-electron chi connectivity index (χ3n) is 5.39. The molecule has 1 aliphatic heterocycles. The average molecular weight is 387 g/mol. The molecule has 0 spiro atoms. The van der Waals surface area contributed by atoms with Crippen molar-refractivity contribution in [3.8, 4) is 0 Å². The molecule has 4 rings (SSSR count). The lowest BCUT2D eigenvalue weighted by molar-refractivity contribution is -0.125. The summed E-state index contributed by atoms with van der Waals surface area (Å²) in [5, 5.41) is 5.44. The van der Waals surface area contributed by atoms with E-state index in [2.05, 4.69) is 41.7 Å². The number of likely N-dealkylation sites (N-methyl/N-ethyl adjacent to an activating group) is 1. The molecule has 2 aliphatic rings. The molecule has 29 heavy (non-hydrogen) atoms. The minimum absolute atomic E-state index is 0.245. The van der Waals surface area contributed by atoms with Crippen molar-refractivity contribution in [1.29, 1.82) is 0 Å². The van der Waals surface area contributed by atoms with Gasteiger partial charge in [-0.25, -0.2) is 10.5 Å². The summed E-state index contributed by atoms with van der Waals surface area (Å²) >= 11 is 0. The highest BCUT2D eigenvalue weighted by Crippen LogP contribution is 2.37. The zero-order valence-corrected chi connectivity index (χ0v) is 16.7. The SMILES string of the molecule is C=C1C(C(=O)N(C)N)=CN(CC2C=C(C)C(n3cccn3)=CC2)c2ccccc21. The maximum atomic E-state index is 12.6. The minimum atomic E-state index is -0.245. The van der Waals surface area contributed by atoms with Crippen molar-refractivity contribution in [2.75, 3.05) is 18.5 Å². The fourth-order valence-electron chi connectivity index (χ4n) is 3.95. The Kier molecular flexibility index (Phi) is 4.94. The molecule has 1 aliphatic carbocycles. The van der Waals surface area contributed by atoms with Crippen molar-refractivity contribution in [2.24, 2.45) is 11.8 Å². The number of allylic oxidation sites excluding steroid dienone is 3. The fourth-order valence-corrected chi connectivity index (χ4v) is 3.95. The monoisotopic (exact) mass is 387 g/mol. The molecule has 0 saturated carbocycles. The number of fused-ring (bicyclic) bond motifs is 1. The van der Waals surface area contributed by atoms with Gasteiger partial charge in [-0.2, -0.15) is 5.10 Å². The van der Waals surface area contributed by atoms with E-state index in [4.69, 9.17) is 5.84 Å². The van der Waals surface area contributed by atoms with Crippen LogP contribution in [0.3, 0.4) is 0 Å². The Morgan fingerprint density at radius 2 is 2.14 bits per heavy atom. The molecule has 2 heterocycles. The quantitative estimate of drug-likeness (QED) is 0.496. The first-order chi connectivity index (χ1) is 14.0. The van der Waals surface area contributed by atoms with Gasteiger partial charge in [0.2, 0.25) is 0 Å². The summed E-state index contributed by atoms with van der Waals surface area (Å²) < 4.78 is 1.90. The van der Waals surface area contributed by atoms with Crippen LogP contribution in [-0.2, 0) is 4.79 Å². The van der Waals surface area contributed by atoms with Crippen LogP contribution < -0.4 is 10.7 Å². The Morgan fingerprint density at radius 1 is 1.34 bits per heavy atom. The zero-order valence-electron chi connectivity index (χ0n) is 16.7. The van der Waals surface area contributed by atoms with Crippen molar-refractivity contribution in [1.82, 2.24) is 14.8 Å². The lowest BCUT2D eigenvalue weighted by atomic mass is 9.91. The number of hydrazine groups is 1. The molecule has 2 N–H and O–H groups in total. The fraction of sp³-hybridized carbons (Fsp3) is 0.217. The van der Waals surface area contributed by atoms with E-state index in [9.17, 15) is 4.79 Å². The summed E-state index contributed by atoms with van der Waals surface area (Å²) in [4.78, 5) is 14.7. The van der Waals surface area contributed by atoms with E-state index in [0.29, 0.717) is 17.1 Å². The lowest BCUT2D eigenvalue weighted by Crippen LogP contribution is -2.37. The number of benzene rings is 1. The molecule has 6 nitrogen and oxygen atoms in total. The van der Waals surface area contributed by atoms with Crippen LogP contribution >= 0.6 is 0 Å². The van der Waals surface area contributed by atoms with Gasteiger partial charge in [-0.05, 0) is 42.5 Å². The second-order valence-corrected chi connectivity index (χ2v) is 7.49. The zero-order chi connectivity index (χ0) is 20.5. The Morgan fingerprint density at radius 3 is 2.83 bits per heavy atom. The van der Waals surface area contributed by atoms with Crippen molar-refractivity contribution in [3.63, 3.8) is 0 Å². The summed E-state index contributed by atoms with van der Waals surface area (Å²) in [6, 6.07) is 9.96. The van der Waals surface area contributed by atoms with Gasteiger partial charge in [0.1, 0.15) is 0 Å². The number of anilines is 1. The number of para-hydroxylation sites is 1. The third-order valence-corrected chi connectivity index (χ3v) is 5.39. The van der Waals surface area contributed by atoms with Crippen molar-refractivity contribution < 1.29 is 4.79 Å². The number of hydrogen-bond donors (Lipinski definition) is 1. The van der Waals surface area contributed by atoms with Gasteiger partial charge in [0.05, 0.1) is 11.3 Å². The van der Waals surface area contributed by atoms with Crippen LogP contribution in [0, 0.1) is 5.92 Å². The normalized spacial score (nSPS) is 18.6. The van der Waals surface area contributed by atoms with Gasteiger partial charge in [-0.3, -0.25) is 9.80 Å². The van der Waals surface area contributed by atoms with Crippen LogP contribution in [0.2, 0.25) is 0 Å². The molecule has 2 aromatic rings. The molecule has 1 atom stereocenters. The Hall–Kier alpha value is -3.38. The molecule has 148 valence electrons. The molecule has 0 radical (unpaired) electrons. The number of carbonyl (C=O) groups is 1. The van der Waals surface area contributed by atoms with Gasteiger partial charge in [0, 0.05) is 43.4 Å². The van der Waals surface area contributed by atoms with Crippen LogP contribution in [0.15, 0.2) is 78.8 Å². The predicted octanol–water partition coefficient (Wildman–Crippen LogP) is 3.44.